The van der Waals surface area contributed by atoms with E-state index in [-0.39, 0.29) is 12.5 Å². The first-order valence-electron chi connectivity index (χ1n) is 8.27. The van der Waals surface area contributed by atoms with E-state index in [0.29, 0.717) is 18.3 Å². The number of benzene rings is 2. The van der Waals surface area contributed by atoms with Gasteiger partial charge in [0.1, 0.15) is 5.75 Å². The summed E-state index contributed by atoms with van der Waals surface area (Å²) >= 11 is 0. The molecule has 1 heterocycles. The molecule has 0 aliphatic heterocycles. The summed E-state index contributed by atoms with van der Waals surface area (Å²) in [6, 6.07) is 16.8. The Morgan fingerprint density at radius 3 is 2.54 bits per heavy atom. The van der Waals surface area contributed by atoms with Gasteiger partial charge in [-0.25, -0.2) is 0 Å². The summed E-state index contributed by atoms with van der Waals surface area (Å²) in [5, 5.41) is 11.0. The molecule has 26 heavy (non-hydrogen) atoms. The van der Waals surface area contributed by atoms with Crippen molar-refractivity contribution in [1.29, 1.82) is 0 Å². The molecule has 1 unspecified atom stereocenters. The summed E-state index contributed by atoms with van der Waals surface area (Å²) in [6.45, 7) is 0.755. The smallest absolute Gasteiger partial charge is 0.279 e. The molecule has 0 saturated carbocycles. The first-order valence-corrected chi connectivity index (χ1v) is 8.27. The van der Waals surface area contributed by atoms with E-state index in [2.05, 4.69) is 15.5 Å². The van der Waals surface area contributed by atoms with E-state index in [0.717, 1.165) is 21.9 Å². The molecule has 7 heteroatoms. The van der Waals surface area contributed by atoms with Crippen LogP contribution in [-0.4, -0.2) is 36.8 Å². The lowest BCUT2D eigenvalue weighted by Gasteiger charge is -2.12. The monoisotopic (exact) mass is 353 g/mol. The molecule has 0 fully saturated rings. The molecule has 1 aromatic heterocycles. The third kappa shape index (κ3) is 4.67. The highest BCUT2D eigenvalue weighted by molar-refractivity contribution is 5.91. The number of methoxy groups -OCH3 is 1. The lowest BCUT2D eigenvalue weighted by molar-refractivity contribution is -0.886. The lowest BCUT2D eigenvalue weighted by atomic mass is 10.2. The number of aromatic nitrogens is 2. The molecule has 0 spiro atoms. The molecule has 1 amide bonds. The van der Waals surface area contributed by atoms with E-state index in [1.165, 1.54) is 0 Å². The molecule has 134 valence electrons. The number of quaternary nitrogens is 1. The van der Waals surface area contributed by atoms with Gasteiger partial charge in [-0.1, -0.05) is 18.2 Å². The Kier molecular flexibility index (Phi) is 5.60. The van der Waals surface area contributed by atoms with Crippen LogP contribution in [0.2, 0.25) is 0 Å². The maximum Gasteiger partial charge on any atom is 0.279 e. The van der Waals surface area contributed by atoms with Crippen LogP contribution in [0.3, 0.4) is 0 Å². The molecular weight excluding hydrogens is 332 g/mol. The normalized spacial score (nSPS) is 11.8. The van der Waals surface area contributed by atoms with Crippen LogP contribution in [0.15, 0.2) is 59.0 Å². The van der Waals surface area contributed by atoms with Crippen LogP contribution in [-0.2, 0) is 11.3 Å². The molecule has 0 bridgehead atoms. The highest BCUT2D eigenvalue weighted by atomic mass is 16.5. The summed E-state index contributed by atoms with van der Waals surface area (Å²) in [5.74, 6) is 1.64. The molecule has 0 aliphatic rings. The second-order valence-corrected chi connectivity index (χ2v) is 5.95. The predicted molar refractivity (Wildman–Crippen MR) is 96.8 cm³/mol. The van der Waals surface area contributed by atoms with Gasteiger partial charge in [-0.2, -0.15) is 0 Å². The average molecular weight is 353 g/mol. The lowest BCUT2D eigenvalue weighted by Crippen LogP contribution is -3.08. The van der Waals surface area contributed by atoms with Crippen molar-refractivity contribution < 1.29 is 18.8 Å². The minimum atomic E-state index is -0.0875. The fourth-order valence-corrected chi connectivity index (χ4v) is 2.50. The number of amides is 1. The minimum absolute atomic E-state index is 0.0875. The van der Waals surface area contributed by atoms with Crippen molar-refractivity contribution in [3.63, 3.8) is 0 Å². The number of nitrogens with one attached hydrogen (secondary N) is 2. The zero-order valence-corrected chi connectivity index (χ0v) is 14.7. The number of likely N-dealkylation sites (N-methyl/N-ethyl adjacent to an activating group) is 1. The maximum atomic E-state index is 12.2. The standard InChI is InChI=1S/C19H20N4O3/c1-23(12-17(24)20-15-8-10-16(25-2)11-9-15)13-18-21-22-19(26-18)14-6-4-3-5-7-14/h3-11H,12-13H2,1-2H3,(H,20,24)/p+1. The maximum absolute atomic E-state index is 12.2. The van der Waals surface area contributed by atoms with Crippen molar-refractivity contribution in [2.45, 2.75) is 6.54 Å². The Hall–Kier alpha value is -3.19. The molecule has 0 aliphatic carbocycles. The van der Waals surface area contributed by atoms with E-state index in [4.69, 9.17) is 9.15 Å². The minimum Gasteiger partial charge on any atom is -0.497 e. The van der Waals surface area contributed by atoms with Gasteiger partial charge >= 0.3 is 0 Å². The Morgan fingerprint density at radius 1 is 1.12 bits per heavy atom. The molecule has 3 aromatic rings. The van der Waals surface area contributed by atoms with Gasteiger partial charge in [0.15, 0.2) is 13.1 Å². The molecule has 2 N–H and O–H groups in total. The fourth-order valence-electron chi connectivity index (χ4n) is 2.50. The van der Waals surface area contributed by atoms with Crippen molar-refractivity contribution in [2.24, 2.45) is 0 Å². The van der Waals surface area contributed by atoms with Gasteiger partial charge in [-0.05, 0) is 36.4 Å². The SMILES string of the molecule is COc1ccc(NC(=O)C[NH+](C)Cc2nnc(-c3ccccc3)o2)cc1. The van der Waals surface area contributed by atoms with Crippen LogP contribution >= 0.6 is 0 Å². The number of nitrogens with zero attached hydrogens (tertiary/aromatic N) is 2. The van der Waals surface area contributed by atoms with Gasteiger partial charge < -0.3 is 19.4 Å². The molecule has 0 saturated heterocycles. The Bertz CT molecular complexity index is 847. The number of rotatable bonds is 7. The van der Waals surface area contributed by atoms with Crippen molar-refractivity contribution >= 4 is 11.6 Å². The van der Waals surface area contributed by atoms with E-state index in [1.807, 2.05) is 37.4 Å². The predicted octanol–water partition coefficient (Wildman–Crippen LogP) is 1.40. The summed E-state index contributed by atoms with van der Waals surface area (Å²) < 4.78 is 10.8. The van der Waals surface area contributed by atoms with Crippen molar-refractivity contribution in [2.75, 3.05) is 26.0 Å². The molecular formula is C19H21N4O3+. The summed E-state index contributed by atoms with van der Waals surface area (Å²) in [6.07, 6.45) is 0. The number of ether oxygens (including phenoxy) is 1. The molecule has 3 rings (SSSR count). The van der Waals surface area contributed by atoms with Gasteiger partial charge in [0.05, 0.1) is 14.2 Å². The van der Waals surface area contributed by atoms with Gasteiger partial charge in [-0.3, -0.25) is 4.79 Å². The Labute approximate surface area is 151 Å². The van der Waals surface area contributed by atoms with E-state index < -0.39 is 0 Å². The third-order valence-electron chi connectivity index (χ3n) is 3.78. The van der Waals surface area contributed by atoms with Crippen molar-refractivity contribution in [1.82, 2.24) is 10.2 Å². The van der Waals surface area contributed by atoms with Crippen LogP contribution in [0, 0.1) is 0 Å². The topological polar surface area (TPSA) is 81.7 Å². The van der Waals surface area contributed by atoms with E-state index in [9.17, 15) is 4.79 Å². The van der Waals surface area contributed by atoms with E-state index in [1.54, 1.807) is 31.4 Å². The molecule has 1 atom stereocenters. The summed E-state index contributed by atoms with van der Waals surface area (Å²) in [7, 11) is 3.51. The number of hydrogen-bond donors (Lipinski definition) is 2. The van der Waals surface area contributed by atoms with Crippen LogP contribution in [0.4, 0.5) is 5.69 Å². The highest BCUT2D eigenvalue weighted by Crippen LogP contribution is 2.16. The third-order valence-corrected chi connectivity index (χ3v) is 3.78. The highest BCUT2D eigenvalue weighted by Gasteiger charge is 2.15. The Morgan fingerprint density at radius 2 is 1.85 bits per heavy atom. The van der Waals surface area contributed by atoms with Crippen LogP contribution in [0.25, 0.3) is 11.5 Å². The number of carbonyl (C=O) groups excluding carboxylic acids is 1. The summed E-state index contributed by atoms with van der Waals surface area (Å²) in [4.78, 5) is 13.1. The number of anilines is 1. The van der Waals surface area contributed by atoms with Crippen molar-refractivity contribution in [3.8, 4) is 17.2 Å². The zero-order chi connectivity index (χ0) is 18.4. The zero-order valence-electron chi connectivity index (χ0n) is 14.7. The van der Waals surface area contributed by atoms with Gasteiger partial charge in [0, 0.05) is 11.3 Å². The number of carbonyl (C=O) groups is 1. The average Bonchev–Trinajstić information content (AvgIpc) is 3.11. The first kappa shape index (κ1) is 17.6. The summed E-state index contributed by atoms with van der Waals surface area (Å²) in [5.41, 5.74) is 1.61. The second kappa shape index (κ2) is 8.26. The largest absolute Gasteiger partial charge is 0.497 e. The van der Waals surface area contributed by atoms with Crippen molar-refractivity contribution in [3.05, 3.63) is 60.5 Å². The van der Waals surface area contributed by atoms with E-state index >= 15 is 0 Å². The van der Waals surface area contributed by atoms with Crippen LogP contribution in [0.5, 0.6) is 5.75 Å². The van der Waals surface area contributed by atoms with Crippen LogP contribution in [0.1, 0.15) is 5.89 Å². The number of hydrogen-bond acceptors (Lipinski definition) is 5. The Balaban J connectivity index is 1.52. The van der Waals surface area contributed by atoms with Gasteiger partial charge in [0.2, 0.25) is 5.89 Å². The molecule has 2 aromatic carbocycles. The van der Waals surface area contributed by atoms with Gasteiger partial charge in [-0.15, -0.1) is 10.2 Å². The van der Waals surface area contributed by atoms with Crippen LogP contribution < -0.4 is 15.0 Å². The second-order valence-electron chi connectivity index (χ2n) is 5.95. The molecule has 0 radical (unpaired) electrons. The van der Waals surface area contributed by atoms with Gasteiger partial charge in [0.25, 0.3) is 11.8 Å². The fraction of sp³-hybridized carbons (Fsp3) is 0.211. The molecule has 7 nitrogen and oxygen atoms in total. The quantitative estimate of drug-likeness (QED) is 0.671. The first-order chi connectivity index (χ1) is 12.6.